The van der Waals surface area contributed by atoms with Crippen molar-refractivity contribution in [1.82, 2.24) is 4.31 Å². The summed E-state index contributed by atoms with van der Waals surface area (Å²) in [5.41, 5.74) is 8.67. The molecule has 2 N–H and O–H groups in total. The van der Waals surface area contributed by atoms with Gasteiger partial charge in [-0.1, -0.05) is 6.07 Å². The van der Waals surface area contributed by atoms with Gasteiger partial charge in [0, 0.05) is 18.8 Å². The number of fused-ring (bicyclic) bond motifs is 1. The highest BCUT2D eigenvalue weighted by atomic mass is 32.2. The Balaban J connectivity index is 2.28. The molecule has 0 saturated carbocycles. The van der Waals surface area contributed by atoms with E-state index in [4.69, 9.17) is 5.73 Å². The second-order valence-corrected chi connectivity index (χ2v) is 6.27. The molecule has 1 aromatic rings. The van der Waals surface area contributed by atoms with Gasteiger partial charge in [0.1, 0.15) is 0 Å². The van der Waals surface area contributed by atoms with Crippen molar-refractivity contribution in [3.05, 3.63) is 29.3 Å². The third-order valence-electron chi connectivity index (χ3n) is 2.97. The molecule has 0 aromatic heterocycles. The number of sulfonamides is 1. The average Bonchev–Trinajstić information content (AvgIpc) is 2.28. The van der Waals surface area contributed by atoms with Crippen LogP contribution in [0.15, 0.2) is 18.2 Å². The highest BCUT2D eigenvalue weighted by Gasteiger charge is 2.24. The van der Waals surface area contributed by atoms with Gasteiger partial charge in [0.05, 0.1) is 5.75 Å². The lowest BCUT2D eigenvalue weighted by Gasteiger charge is -2.27. The highest BCUT2D eigenvalue weighted by molar-refractivity contribution is 7.89. The van der Waals surface area contributed by atoms with Crippen LogP contribution in [-0.2, 0) is 23.0 Å². The van der Waals surface area contributed by atoms with E-state index in [9.17, 15) is 8.42 Å². The van der Waals surface area contributed by atoms with Crippen LogP contribution >= 0.6 is 0 Å². The van der Waals surface area contributed by atoms with Crippen molar-refractivity contribution in [2.75, 3.05) is 18.0 Å². The summed E-state index contributed by atoms with van der Waals surface area (Å²) in [6.07, 6.45) is 0.750. The van der Waals surface area contributed by atoms with Crippen molar-refractivity contribution < 1.29 is 8.42 Å². The fourth-order valence-corrected chi connectivity index (χ4v) is 3.04. The molecular weight excluding hydrogens is 224 g/mol. The Kier molecular flexibility index (Phi) is 2.90. The topological polar surface area (TPSA) is 63.4 Å². The summed E-state index contributed by atoms with van der Waals surface area (Å²) in [6, 6.07) is 5.67. The fraction of sp³-hybridized carbons (Fsp3) is 0.455. The molecule has 5 heteroatoms. The first-order chi connectivity index (χ1) is 7.53. The monoisotopic (exact) mass is 240 g/mol. The van der Waals surface area contributed by atoms with Crippen LogP contribution in [0.5, 0.6) is 0 Å². The Hall–Kier alpha value is -1.07. The van der Waals surface area contributed by atoms with Crippen molar-refractivity contribution in [2.24, 2.45) is 0 Å². The van der Waals surface area contributed by atoms with Crippen molar-refractivity contribution >= 4 is 15.7 Å². The first-order valence-corrected chi connectivity index (χ1v) is 6.99. The van der Waals surface area contributed by atoms with Gasteiger partial charge in [-0.3, -0.25) is 0 Å². The molecule has 1 aliphatic rings. The Morgan fingerprint density at radius 2 is 2.12 bits per heavy atom. The standard InChI is InChI=1S/C11H16N2O2S/c1-2-16(14,15)13-6-5-9-7-11(12)4-3-10(9)8-13/h3-4,7H,2,5-6,8,12H2,1H3. The van der Waals surface area contributed by atoms with E-state index in [0.29, 0.717) is 13.1 Å². The van der Waals surface area contributed by atoms with Crippen LogP contribution in [0, 0.1) is 0 Å². The van der Waals surface area contributed by atoms with E-state index in [1.807, 2.05) is 18.2 Å². The van der Waals surface area contributed by atoms with Crippen LogP contribution < -0.4 is 5.73 Å². The van der Waals surface area contributed by atoms with Gasteiger partial charge >= 0.3 is 0 Å². The summed E-state index contributed by atoms with van der Waals surface area (Å²) < 4.78 is 25.0. The molecule has 0 saturated heterocycles. The minimum atomic E-state index is -3.07. The molecule has 1 aliphatic heterocycles. The Morgan fingerprint density at radius 3 is 2.81 bits per heavy atom. The number of rotatable bonds is 2. The zero-order valence-electron chi connectivity index (χ0n) is 9.31. The normalized spacial score (nSPS) is 17.1. The average molecular weight is 240 g/mol. The number of benzene rings is 1. The summed E-state index contributed by atoms with van der Waals surface area (Å²) in [4.78, 5) is 0. The van der Waals surface area contributed by atoms with Crippen molar-refractivity contribution in [3.8, 4) is 0 Å². The van der Waals surface area contributed by atoms with Gasteiger partial charge in [-0.2, -0.15) is 4.31 Å². The van der Waals surface area contributed by atoms with Gasteiger partial charge in [0.15, 0.2) is 0 Å². The molecule has 0 fully saturated rings. The molecular formula is C11H16N2O2S. The van der Waals surface area contributed by atoms with Crippen LogP contribution in [0.2, 0.25) is 0 Å². The summed E-state index contributed by atoms with van der Waals surface area (Å²) >= 11 is 0. The summed E-state index contributed by atoms with van der Waals surface area (Å²) in [6.45, 7) is 2.71. The number of anilines is 1. The minimum absolute atomic E-state index is 0.164. The zero-order valence-corrected chi connectivity index (χ0v) is 10.1. The van der Waals surface area contributed by atoms with Gasteiger partial charge in [0.2, 0.25) is 10.0 Å². The van der Waals surface area contributed by atoms with E-state index in [1.54, 1.807) is 11.2 Å². The zero-order chi connectivity index (χ0) is 11.8. The van der Waals surface area contributed by atoms with Gasteiger partial charge in [0.25, 0.3) is 0 Å². The summed E-state index contributed by atoms with van der Waals surface area (Å²) in [5, 5.41) is 0. The third kappa shape index (κ3) is 2.05. The van der Waals surface area contributed by atoms with Crippen molar-refractivity contribution in [3.63, 3.8) is 0 Å². The summed E-state index contributed by atoms with van der Waals surface area (Å²) in [5.74, 6) is 0.164. The SMILES string of the molecule is CCS(=O)(=O)N1CCc2cc(N)ccc2C1. The maximum atomic E-state index is 11.7. The molecule has 2 rings (SSSR count). The van der Waals surface area contributed by atoms with E-state index < -0.39 is 10.0 Å². The van der Waals surface area contributed by atoms with Gasteiger partial charge in [-0.25, -0.2) is 8.42 Å². The van der Waals surface area contributed by atoms with E-state index in [1.165, 1.54) is 5.56 Å². The van der Waals surface area contributed by atoms with Crippen LogP contribution in [0.25, 0.3) is 0 Å². The molecule has 0 spiro atoms. The molecule has 0 atom stereocenters. The maximum Gasteiger partial charge on any atom is 0.214 e. The Morgan fingerprint density at radius 1 is 1.38 bits per heavy atom. The third-order valence-corrected chi connectivity index (χ3v) is 4.79. The number of nitrogen functional groups attached to an aromatic ring is 1. The predicted octanol–water partition coefficient (Wildman–Crippen LogP) is 0.977. The van der Waals surface area contributed by atoms with E-state index in [0.717, 1.165) is 17.7 Å². The van der Waals surface area contributed by atoms with E-state index in [-0.39, 0.29) is 5.75 Å². The fourth-order valence-electron chi connectivity index (χ4n) is 1.97. The van der Waals surface area contributed by atoms with Crippen LogP contribution in [-0.4, -0.2) is 25.0 Å². The van der Waals surface area contributed by atoms with E-state index in [2.05, 4.69) is 0 Å². The van der Waals surface area contributed by atoms with Gasteiger partial charge in [-0.15, -0.1) is 0 Å². The highest BCUT2D eigenvalue weighted by Crippen LogP contribution is 2.23. The van der Waals surface area contributed by atoms with Crippen molar-refractivity contribution in [1.29, 1.82) is 0 Å². The number of nitrogens with two attached hydrogens (primary N) is 1. The number of hydrogen-bond acceptors (Lipinski definition) is 3. The van der Waals surface area contributed by atoms with Gasteiger partial charge < -0.3 is 5.73 Å². The largest absolute Gasteiger partial charge is 0.399 e. The Labute approximate surface area is 96.1 Å². The molecule has 0 unspecified atom stereocenters. The Bertz CT molecular complexity index is 497. The molecule has 88 valence electrons. The predicted molar refractivity (Wildman–Crippen MR) is 64.4 cm³/mol. The molecule has 0 radical (unpaired) electrons. The van der Waals surface area contributed by atoms with Crippen LogP contribution in [0.4, 0.5) is 5.69 Å². The lowest BCUT2D eigenvalue weighted by atomic mass is 10.0. The lowest BCUT2D eigenvalue weighted by molar-refractivity contribution is 0.392. The second-order valence-electron chi connectivity index (χ2n) is 4.01. The molecule has 0 bridgehead atoms. The summed E-state index contributed by atoms with van der Waals surface area (Å²) in [7, 11) is -3.07. The minimum Gasteiger partial charge on any atom is -0.399 e. The molecule has 1 heterocycles. The smallest absolute Gasteiger partial charge is 0.214 e. The number of hydrogen-bond donors (Lipinski definition) is 1. The molecule has 0 amide bonds. The first kappa shape index (κ1) is 11.4. The quantitative estimate of drug-likeness (QED) is 0.784. The first-order valence-electron chi connectivity index (χ1n) is 5.38. The van der Waals surface area contributed by atoms with Crippen molar-refractivity contribution in [2.45, 2.75) is 19.9 Å². The number of nitrogens with zero attached hydrogens (tertiary/aromatic N) is 1. The van der Waals surface area contributed by atoms with Crippen LogP contribution in [0.1, 0.15) is 18.1 Å². The molecule has 0 aliphatic carbocycles. The van der Waals surface area contributed by atoms with Gasteiger partial charge in [-0.05, 0) is 36.6 Å². The molecule has 16 heavy (non-hydrogen) atoms. The molecule has 1 aromatic carbocycles. The lowest BCUT2D eigenvalue weighted by Crippen LogP contribution is -2.36. The molecule has 4 nitrogen and oxygen atoms in total. The van der Waals surface area contributed by atoms with E-state index >= 15 is 0 Å². The maximum absolute atomic E-state index is 11.7. The van der Waals surface area contributed by atoms with Crippen LogP contribution in [0.3, 0.4) is 0 Å². The second kappa shape index (κ2) is 4.07.